The largest absolute Gasteiger partial charge is 0.422 e. The fourth-order valence-corrected chi connectivity index (χ4v) is 2.58. The van der Waals surface area contributed by atoms with Crippen molar-refractivity contribution in [3.63, 3.8) is 0 Å². The second-order valence-electron chi connectivity index (χ2n) is 5.66. The first-order valence-corrected chi connectivity index (χ1v) is 7.42. The van der Waals surface area contributed by atoms with E-state index in [-0.39, 0.29) is 5.69 Å². The number of hydrogen-bond acceptors (Lipinski definition) is 4. The summed E-state index contributed by atoms with van der Waals surface area (Å²) in [6.45, 7) is 3.97. The van der Waals surface area contributed by atoms with E-state index >= 15 is 0 Å². The highest BCUT2D eigenvalue weighted by atomic mass is 16.6. The highest BCUT2D eigenvalue weighted by Crippen LogP contribution is 2.30. The Hall–Kier alpha value is -3.21. The molecule has 0 bridgehead atoms. The summed E-state index contributed by atoms with van der Waals surface area (Å²) >= 11 is 0. The average Bonchev–Trinajstić information content (AvgIpc) is 2.88. The minimum absolute atomic E-state index is 0.0117. The summed E-state index contributed by atoms with van der Waals surface area (Å²) < 4.78 is 5.36. The third kappa shape index (κ3) is 3.10. The van der Waals surface area contributed by atoms with E-state index in [0.717, 1.165) is 16.7 Å². The summed E-state index contributed by atoms with van der Waals surface area (Å²) in [4.78, 5) is 22.3. The zero-order chi connectivity index (χ0) is 17.3. The van der Waals surface area contributed by atoms with E-state index in [0.29, 0.717) is 16.9 Å². The molecule has 5 heteroatoms. The van der Waals surface area contributed by atoms with Crippen LogP contribution in [0.3, 0.4) is 0 Å². The van der Waals surface area contributed by atoms with Crippen LogP contribution in [0.25, 0.3) is 11.8 Å². The molecule has 3 rings (SSSR count). The highest BCUT2D eigenvalue weighted by molar-refractivity contribution is 6.05. The van der Waals surface area contributed by atoms with Gasteiger partial charge in [0.25, 0.3) is 5.69 Å². The first-order valence-electron chi connectivity index (χ1n) is 7.42. The third-order valence-electron chi connectivity index (χ3n) is 3.80. The van der Waals surface area contributed by atoms with Gasteiger partial charge in [-0.25, -0.2) is 4.79 Å². The fraction of sp³-hybridized carbons (Fsp3) is 0.105. The first-order chi connectivity index (χ1) is 11.4. The van der Waals surface area contributed by atoms with Crippen LogP contribution in [-0.4, -0.2) is 10.9 Å². The minimum atomic E-state index is -0.459. The van der Waals surface area contributed by atoms with Gasteiger partial charge in [0.1, 0.15) is 5.76 Å². The van der Waals surface area contributed by atoms with Gasteiger partial charge in [0, 0.05) is 17.7 Å². The molecule has 0 atom stereocenters. The van der Waals surface area contributed by atoms with Crippen molar-refractivity contribution in [2.75, 3.05) is 0 Å². The highest BCUT2D eigenvalue weighted by Gasteiger charge is 2.23. The molecule has 5 nitrogen and oxygen atoms in total. The van der Waals surface area contributed by atoms with Crippen molar-refractivity contribution in [2.24, 2.45) is 0 Å². The number of esters is 1. The number of nitrogens with zero attached hydrogens (tertiary/aromatic N) is 1. The molecule has 120 valence electrons. The van der Waals surface area contributed by atoms with Crippen LogP contribution in [0.1, 0.15) is 22.3 Å². The van der Waals surface area contributed by atoms with E-state index in [2.05, 4.69) is 0 Å². The van der Waals surface area contributed by atoms with Gasteiger partial charge < -0.3 is 4.74 Å². The Morgan fingerprint density at radius 3 is 2.42 bits per heavy atom. The number of nitro benzene ring substituents is 1. The van der Waals surface area contributed by atoms with Crippen LogP contribution in [0.2, 0.25) is 0 Å². The molecular formula is C19H15NO4. The summed E-state index contributed by atoms with van der Waals surface area (Å²) in [5.74, 6) is 0.0917. The van der Waals surface area contributed by atoms with Crippen LogP contribution in [0, 0.1) is 24.0 Å². The number of non-ortho nitro benzene ring substituents is 1. The van der Waals surface area contributed by atoms with E-state index in [4.69, 9.17) is 4.74 Å². The number of nitro groups is 1. The van der Waals surface area contributed by atoms with Crippen LogP contribution < -0.4 is 0 Å². The van der Waals surface area contributed by atoms with Gasteiger partial charge in [0.05, 0.1) is 10.5 Å². The van der Waals surface area contributed by atoms with Crippen molar-refractivity contribution < 1.29 is 14.5 Å². The zero-order valence-corrected chi connectivity index (χ0v) is 13.3. The topological polar surface area (TPSA) is 69.4 Å². The first kappa shape index (κ1) is 15.7. The number of rotatable bonds is 3. The number of cyclic esters (lactones) is 1. The van der Waals surface area contributed by atoms with Crippen LogP contribution in [0.5, 0.6) is 0 Å². The molecule has 0 saturated heterocycles. The van der Waals surface area contributed by atoms with Crippen molar-refractivity contribution in [2.45, 2.75) is 13.8 Å². The molecule has 0 amide bonds. The molecule has 0 aliphatic carbocycles. The predicted molar refractivity (Wildman–Crippen MR) is 91.1 cm³/mol. The van der Waals surface area contributed by atoms with Crippen LogP contribution in [0.4, 0.5) is 5.69 Å². The second kappa shape index (κ2) is 6.12. The molecular weight excluding hydrogens is 306 g/mol. The Kier molecular flexibility index (Phi) is 4.00. The molecule has 0 N–H and O–H groups in total. The van der Waals surface area contributed by atoms with Crippen molar-refractivity contribution in [3.8, 4) is 0 Å². The SMILES string of the molecule is Cc1ccc(C2=C/C(=C\c3ccc([N+](=O)[O-])cc3)C(=O)O2)c(C)c1. The number of carbonyl (C=O) groups excluding carboxylic acids is 1. The Morgan fingerprint density at radius 2 is 1.79 bits per heavy atom. The van der Waals surface area contributed by atoms with Gasteiger partial charge in [-0.3, -0.25) is 10.1 Å². The smallest absolute Gasteiger partial charge is 0.343 e. The van der Waals surface area contributed by atoms with Gasteiger partial charge in [-0.15, -0.1) is 0 Å². The van der Waals surface area contributed by atoms with E-state index in [1.807, 2.05) is 32.0 Å². The maximum Gasteiger partial charge on any atom is 0.343 e. The standard InChI is InChI=1S/C19H15NO4/c1-12-3-8-17(13(2)9-12)18-11-15(19(21)24-18)10-14-4-6-16(7-5-14)20(22)23/h3-11H,1-2H3/b15-10+. The molecule has 24 heavy (non-hydrogen) atoms. The molecule has 2 aromatic rings. The van der Waals surface area contributed by atoms with E-state index in [1.165, 1.54) is 12.1 Å². The molecule has 0 saturated carbocycles. The lowest BCUT2D eigenvalue weighted by Crippen LogP contribution is -1.98. The average molecular weight is 321 g/mol. The Bertz CT molecular complexity index is 892. The van der Waals surface area contributed by atoms with Crippen molar-refractivity contribution in [3.05, 3.63) is 86.5 Å². The number of carbonyl (C=O) groups is 1. The second-order valence-corrected chi connectivity index (χ2v) is 5.66. The van der Waals surface area contributed by atoms with E-state index in [1.54, 1.807) is 24.3 Å². The normalized spacial score (nSPS) is 15.3. The summed E-state index contributed by atoms with van der Waals surface area (Å²) in [5.41, 5.74) is 4.18. The lowest BCUT2D eigenvalue weighted by molar-refractivity contribution is -0.384. The molecule has 0 fully saturated rings. The maximum absolute atomic E-state index is 12.1. The van der Waals surface area contributed by atoms with Crippen molar-refractivity contribution in [1.29, 1.82) is 0 Å². The summed E-state index contributed by atoms with van der Waals surface area (Å²) in [6, 6.07) is 11.9. The van der Waals surface area contributed by atoms with Gasteiger partial charge >= 0.3 is 5.97 Å². The molecule has 1 heterocycles. The fourth-order valence-electron chi connectivity index (χ4n) is 2.58. The number of hydrogen-bond donors (Lipinski definition) is 0. The molecule has 2 aromatic carbocycles. The predicted octanol–water partition coefficient (Wildman–Crippen LogP) is 4.19. The lowest BCUT2D eigenvalue weighted by atomic mass is 10.0. The Balaban J connectivity index is 1.92. The quantitative estimate of drug-likeness (QED) is 0.368. The summed E-state index contributed by atoms with van der Waals surface area (Å²) in [7, 11) is 0. The van der Waals surface area contributed by atoms with Crippen molar-refractivity contribution in [1.82, 2.24) is 0 Å². The third-order valence-corrected chi connectivity index (χ3v) is 3.80. The summed E-state index contributed by atoms with van der Waals surface area (Å²) in [5, 5.41) is 10.7. The van der Waals surface area contributed by atoms with E-state index < -0.39 is 10.9 Å². The molecule has 1 aliphatic rings. The Labute approximate surface area is 139 Å². The maximum atomic E-state index is 12.1. The minimum Gasteiger partial charge on any atom is -0.422 e. The molecule has 1 aliphatic heterocycles. The van der Waals surface area contributed by atoms with Gasteiger partial charge in [-0.2, -0.15) is 0 Å². The Morgan fingerprint density at radius 1 is 1.08 bits per heavy atom. The van der Waals surface area contributed by atoms with Gasteiger partial charge in [-0.1, -0.05) is 23.8 Å². The monoisotopic (exact) mass is 321 g/mol. The van der Waals surface area contributed by atoms with Crippen molar-refractivity contribution >= 4 is 23.5 Å². The van der Waals surface area contributed by atoms with Gasteiger partial charge in [0.15, 0.2) is 0 Å². The van der Waals surface area contributed by atoms with E-state index in [9.17, 15) is 14.9 Å². The summed E-state index contributed by atoms with van der Waals surface area (Å²) in [6.07, 6.45) is 3.35. The number of benzene rings is 2. The van der Waals surface area contributed by atoms with Crippen LogP contribution in [0.15, 0.2) is 54.1 Å². The molecule has 0 aromatic heterocycles. The van der Waals surface area contributed by atoms with Gasteiger partial charge in [0.2, 0.25) is 0 Å². The molecule has 0 radical (unpaired) electrons. The zero-order valence-electron chi connectivity index (χ0n) is 13.3. The van der Waals surface area contributed by atoms with Gasteiger partial charge in [-0.05, 0) is 49.3 Å². The lowest BCUT2D eigenvalue weighted by Gasteiger charge is -2.06. The number of ether oxygens (including phenoxy) is 1. The molecule has 0 unspecified atom stereocenters. The molecule has 0 spiro atoms. The number of aryl methyl sites for hydroxylation is 2. The van der Waals surface area contributed by atoms with Crippen LogP contribution in [-0.2, 0) is 9.53 Å². The van der Waals surface area contributed by atoms with Crippen LogP contribution >= 0.6 is 0 Å².